The van der Waals surface area contributed by atoms with Gasteiger partial charge in [-0.15, -0.1) is 11.3 Å². The lowest BCUT2D eigenvalue weighted by Gasteiger charge is -2.15. The highest BCUT2D eigenvalue weighted by Gasteiger charge is 2.19. The molecule has 6 heterocycles. The molecule has 7 rings (SSSR count). The van der Waals surface area contributed by atoms with E-state index in [2.05, 4.69) is 43.1 Å². The van der Waals surface area contributed by atoms with E-state index in [9.17, 15) is 4.39 Å². The van der Waals surface area contributed by atoms with E-state index in [0.717, 1.165) is 72.0 Å². The lowest BCUT2D eigenvalue weighted by molar-refractivity contribution is 0.649. The number of H-pyrrole nitrogens is 2. The van der Waals surface area contributed by atoms with Crippen LogP contribution in [0.4, 0.5) is 10.1 Å². The van der Waals surface area contributed by atoms with Crippen molar-refractivity contribution < 1.29 is 4.39 Å². The van der Waals surface area contributed by atoms with Gasteiger partial charge in [-0.2, -0.15) is 9.49 Å². The topological polar surface area (TPSA) is 95.2 Å². The number of aromatic nitrogens is 6. The van der Waals surface area contributed by atoms with Gasteiger partial charge in [-0.25, -0.2) is 4.98 Å². The summed E-state index contributed by atoms with van der Waals surface area (Å²) >= 11 is 1.10. The van der Waals surface area contributed by atoms with Gasteiger partial charge in [-0.1, -0.05) is 19.4 Å². The van der Waals surface area contributed by atoms with Crippen LogP contribution in [0.3, 0.4) is 0 Å². The van der Waals surface area contributed by atoms with Crippen molar-refractivity contribution in [3.05, 3.63) is 78.6 Å². The quantitative estimate of drug-likeness (QED) is 0.210. The SMILES string of the molecule is C=C(Nc1cncc(-c2ccc3[nH]nc(-c4cc5c(-c6ccc(F)s6)cncc5[nH]4)c3n2)c1)C1CCCC1. The van der Waals surface area contributed by atoms with Crippen LogP contribution in [0.5, 0.6) is 0 Å². The maximum atomic E-state index is 13.7. The third-order valence-electron chi connectivity index (χ3n) is 7.23. The van der Waals surface area contributed by atoms with Gasteiger partial charge in [-0.05, 0) is 55.2 Å². The van der Waals surface area contributed by atoms with Crippen molar-refractivity contribution in [1.82, 2.24) is 30.1 Å². The zero-order valence-corrected chi connectivity index (χ0v) is 21.3. The van der Waals surface area contributed by atoms with Gasteiger partial charge in [0.2, 0.25) is 0 Å². The average Bonchev–Trinajstić information content (AvgIpc) is 3.74. The Labute approximate surface area is 221 Å². The van der Waals surface area contributed by atoms with Crippen LogP contribution in [-0.2, 0) is 0 Å². The van der Waals surface area contributed by atoms with Crippen LogP contribution in [0.15, 0.2) is 73.5 Å². The first-order valence-electron chi connectivity index (χ1n) is 12.6. The van der Waals surface area contributed by atoms with E-state index in [1.54, 1.807) is 18.5 Å². The number of nitrogens with one attached hydrogen (secondary N) is 3. The first-order chi connectivity index (χ1) is 18.6. The zero-order valence-electron chi connectivity index (χ0n) is 20.5. The molecule has 1 saturated carbocycles. The molecular weight excluding hydrogens is 497 g/mol. The van der Waals surface area contributed by atoms with Crippen LogP contribution in [0, 0.1) is 11.0 Å². The number of hydrogen-bond acceptors (Lipinski definition) is 6. The molecular formula is C29H24FN7S. The van der Waals surface area contributed by atoms with Gasteiger partial charge in [0.05, 0.1) is 40.5 Å². The minimum atomic E-state index is -0.223. The highest BCUT2D eigenvalue weighted by molar-refractivity contribution is 7.14. The van der Waals surface area contributed by atoms with Crippen molar-refractivity contribution in [2.24, 2.45) is 5.92 Å². The van der Waals surface area contributed by atoms with Crippen LogP contribution in [0.25, 0.3) is 55.0 Å². The molecule has 0 spiro atoms. The highest BCUT2D eigenvalue weighted by Crippen LogP contribution is 2.36. The number of halogens is 1. The second-order valence-corrected chi connectivity index (χ2v) is 10.7. The van der Waals surface area contributed by atoms with Gasteiger partial charge in [0.15, 0.2) is 5.13 Å². The van der Waals surface area contributed by atoms with E-state index in [1.165, 1.54) is 31.7 Å². The average molecular weight is 522 g/mol. The van der Waals surface area contributed by atoms with Crippen molar-refractivity contribution in [1.29, 1.82) is 0 Å². The van der Waals surface area contributed by atoms with Gasteiger partial charge in [-0.3, -0.25) is 15.1 Å². The van der Waals surface area contributed by atoms with E-state index < -0.39 is 0 Å². The number of nitrogens with zero attached hydrogens (tertiary/aromatic N) is 4. The van der Waals surface area contributed by atoms with Crippen LogP contribution in [0.2, 0.25) is 0 Å². The van der Waals surface area contributed by atoms with Crippen molar-refractivity contribution in [2.45, 2.75) is 25.7 Å². The Bertz CT molecular complexity index is 1810. The molecule has 0 unspecified atom stereocenters. The molecule has 7 nitrogen and oxygen atoms in total. The number of allylic oxidation sites excluding steroid dienone is 1. The molecule has 6 aromatic rings. The molecule has 3 N–H and O–H groups in total. The third-order valence-corrected chi connectivity index (χ3v) is 8.14. The molecule has 6 aromatic heterocycles. The zero-order chi connectivity index (χ0) is 25.6. The van der Waals surface area contributed by atoms with Crippen molar-refractivity contribution >= 4 is 39.0 Å². The van der Waals surface area contributed by atoms with Crippen molar-refractivity contribution in [2.75, 3.05) is 5.32 Å². The molecule has 9 heteroatoms. The first-order valence-corrected chi connectivity index (χ1v) is 13.4. The van der Waals surface area contributed by atoms with E-state index in [1.807, 2.05) is 30.6 Å². The Hall–Kier alpha value is -4.37. The molecule has 0 bridgehead atoms. The maximum Gasteiger partial charge on any atom is 0.176 e. The normalized spacial score (nSPS) is 14.0. The number of rotatable bonds is 6. The molecule has 0 saturated heterocycles. The summed E-state index contributed by atoms with van der Waals surface area (Å²) in [6.45, 7) is 4.27. The minimum Gasteiger partial charge on any atom is -0.358 e. The lowest BCUT2D eigenvalue weighted by atomic mass is 10.0. The fourth-order valence-corrected chi connectivity index (χ4v) is 6.05. The number of thiophene rings is 1. The molecule has 0 radical (unpaired) electrons. The summed E-state index contributed by atoms with van der Waals surface area (Å²) in [4.78, 5) is 18.0. The second-order valence-electron chi connectivity index (χ2n) is 9.69. The molecule has 0 aliphatic heterocycles. The molecule has 188 valence electrons. The number of hydrogen-bond donors (Lipinski definition) is 3. The second kappa shape index (κ2) is 9.18. The molecule has 0 aromatic carbocycles. The fraction of sp³-hybridized carbons (Fsp3) is 0.172. The minimum absolute atomic E-state index is 0.223. The summed E-state index contributed by atoms with van der Waals surface area (Å²) in [6, 6.07) is 11.3. The Kier molecular flexibility index (Phi) is 5.51. The summed E-state index contributed by atoms with van der Waals surface area (Å²) in [7, 11) is 0. The Morgan fingerprint density at radius 2 is 1.87 bits per heavy atom. The summed E-state index contributed by atoms with van der Waals surface area (Å²) in [5.41, 5.74) is 8.50. The van der Waals surface area contributed by atoms with Crippen LogP contribution in [-0.4, -0.2) is 30.1 Å². The Morgan fingerprint density at radius 3 is 2.71 bits per heavy atom. The summed E-state index contributed by atoms with van der Waals surface area (Å²) < 4.78 is 13.7. The van der Waals surface area contributed by atoms with Gasteiger partial charge in [0, 0.05) is 39.5 Å². The predicted molar refractivity (Wildman–Crippen MR) is 150 cm³/mol. The monoisotopic (exact) mass is 521 g/mol. The Morgan fingerprint density at radius 1 is 1.00 bits per heavy atom. The maximum absolute atomic E-state index is 13.7. The van der Waals surface area contributed by atoms with Crippen LogP contribution < -0.4 is 5.32 Å². The van der Waals surface area contributed by atoms with Crippen LogP contribution in [0.1, 0.15) is 25.7 Å². The predicted octanol–water partition coefficient (Wildman–Crippen LogP) is 7.55. The summed E-state index contributed by atoms with van der Waals surface area (Å²) in [5, 5.41) is 11.9. The molecule has 1 aliphatic carbocycles. The first kappa shape index (κ1) is 22.8. The Balaban J connectivity index is 1.24. The number of fused-ring (bicyclic) bond motifs is 2. The van der Waals surface area contributed by atoms with Gasteiger partial charge in [0.1, 0.15) is 11.2 Å². The van der Waals surface area contributed by atoms with E-state index in [0.29, 0.717) is 11.6 Å². The molecule has 1 fully saturated rings. The van der Waals surface area contributed by atoms with E-state index in [4.69, 9.17) is 4.98 Å². The van der Waals surface area contributed by atoms with Gasteiger partial charge in [0.25, 0.3) is 0 Å². The summed E-state index contributed by atoms with van der Waals surface area (Å²) in [5.74, 6) is 0.521. The number of pyridine rings is 3. The standard InChI is InChI=1S/C29H24FN7S/c1-16(17-4-2-3-5-17)33-19-10-18(12-31-13-19)22-6-7-23-28(35-22)29(37-36-23)24-11-20-21(14-32-15-25(20)34-24)26-8-9-27(30)38-26/h6-15,17,33-34H,1-5H2,(H,36,37). The lowest BCUT2D eigenvalue weighted by Crippen LogP contribution is -2.07. The van der Waals surface area contributed by atoms with Gasteiger partial charge >= 0.3 is 0 Å². The third kappa shape index (κ3) is 4.05. The van der Waals surface area contributed by atoms with Gasteiger partial charge < -0.3 is 10.3 Å². The smallest absolute Gasteiger partial charge is 0.176 e. The number of anilines is 1. The van der Waals surface area contributed by atoms with E-state index >= 15 is 0 Å². The summed E-state index contributed by atoms with van der Waals surface area (Å²) in [6.07, 6.45) is 12.1. The fourth-order valence-electron chi connectivity index (χ4n) is 5.29. The van der Waals surface area contributed by atoms with E-state index in [-0.39, 0.29) is 5.13 Å². The van der Waals surface area contributed by atoms with Crippen molar-refractivity contribution in [3.63, 3.8) is 0 Å². The highest BCUT2D eigenvalue weighted by atomic mass is 32.1. The molecule has 0 atom stereocenters. The molecule has 0 amide bonds. The number of aromatic amines is 2. The molecule has 38 heavy (non-hydrogen) atoms. The largest absolute Gasteiger partial charge is 0.358 e. The van der Waals surface area contributed by atoms with Crippen LogP contribution >= 0.6 is 11.3 Å². The molecule has 1 aliphatic rings. The van der Waals surface area contributed by atoms with Crippen molar-refractivity contribution in [3.8, 4) is 33.1 Å².